The van der Waals surface area contributed by atoms with Gasteiger partial charge in [-0.3, -0.25) is 9.36 Å². The van der Waals surface area contributed by atoms with Crippen molar-refractivity contribution in [3.8, 4) is 5.69 Å². The van der Waals surface area contributed by atoms with Gasteiger partial charge in [-0.1, -0.05) is 30.0 Å². The Kier molecular flexibility index (Phi) is 5.90. The first-order valence-electron chi connectivity index (χ1n) is 8.13. The second kappa shape index (κ2) is 8.53. The maximum atomic E-state index is 11.8. The summed E-state index contributed by atoms with van der Waals surface area (Å²) in [5.41, 5.74) is 1.05. The lowest BCUT2D eigenvalue weighted by Gasteiger charge is -2.08. The molecule has 0 radical (unpaired) electrons. The van der Waals surface area contributed by atoms with Crippen LogP contribution in [0, 0.1) is 6.92 Å². The molecule has 7 heteroatoms. The van der Waals surface area contributed by atoms with Crippen LogP contribution in [0.4, 0.5) is 0 Å². The zero-order chi connectivity index (χ0) is 17.5. The molecule has 2 aromatic heterocycles. The highest BCUT2D eigenvalue weighted by atomic mass is 32.2. The topological polar surface area (TPSA) is 73.0 Å². The Labute approximate surface area is 150 Å². The predicted octanol–water partition coefficient (Wildman–Crippen LogP) is 3.36. The normalized spacial score (nSPS) is 10.8. The molecular formula is C18H20N4O2S. The number of aryl methyl sites for hydroxylation is 1. The fourth-order valence-corrected chi connectivity index (χ4v) is 3.33. The van der Waals surface area contributed by atoms with Crippen molar-refractivity contribution in [3.63, 3.8) is 0 Å². The maximum Gasteiger partial charge on any atom is 0.220 e. The minimum Gasteiger partial charge on any atom is -0.467 e. The highest BCUT2D eigenvalue weighted by molar-refractivity contribution is 7.99. The first kappa shape index (κ1) is 17.3. The van der Waals surface area contributed by atoms with E-state index in [0.29, 0.717) is 13.0 Å². The zero-order valence-electron chi connectivity index (χ0n) is 14.0. The molecule has 0 saturated carbocycles. The SMILES string of the molecule is Cc1nnc(SCCCC(=O)NCc2ccco2)n1-c1ccccc1. The summed E-state index contributed by atoms with van der Waals surface area (Å²) in [5.74, 6) is 2.44. The van der Waals surface area contributed by atoms with Gasteiger partial charge >= 0.3 is 0 Å². The molecule has 3 aromatic rings. The molecular weight excluding hydrogens is 336 g/mol. The monoisotopic (exact) mass is 356 g/mol. The molecule has 0 fully saturated rings. The van der Waals surface area contributed by atoms with Crippen LogP contribution in [0.15, 0.2) is 58.3 Å². The number of hydrogen-bond donors (Lipinski definition) is 1. The number of carbonyl (C=O) groups excluding carboxylic acids is 1. The molecule has 6 nitrogen and oxygen atoms in total. The van der Waals surface area contributed by atoms with Gasteiger partial charge in [-0.2, -0.15) is 0 Å². The van der Waals surface area contributed by atoms with Crippen LogP contribution in [0.1, 0.15) is 24.4 Å². The molecule has 3 rings (SSSR count). The van der Waals surface area contributed by atoms with Gasteiger partial charge in [0.05, 0.1) is 12.8 Å². The van der Waals surface area contributed by atoms with Crippen LogP contribution in [0.2, 0.25) is 0 Å². The molecule has 0 atom stereocenters. The van der Waals surface area contributed by atoms with Crippen LogP contribution in [0.5, 0.6) is 0 Å². The van der Waals surface area contributed by atoms with Crippen molar-refractivity contribution in [1.82, 2.24) is 20.1 Å². The largest absolute Gasteiger partial charge is 0.467 e. The van der Waals surface area contributed by atoms with Crippen LogP contribution in [-0.2, 0) is 11.3 Å². The number of benzene rings is 1. The van der Waals surface area contributed by atoms with Crippen LogP contribution >= 0.6 is 11.8 Å². The average molecular weight is 356 g/mol. The van der Waals surface area contributed by atoms with E-state index in [4.69, 9.17) is 4.42 Å². The molecule has 130 valence electrons. The summed E-state index contributed by atoms with van der Waals surface area (Å²) in [5, 5.41) is 12.1. The smallest absolute Gasteiger partial charge is 0.220 e. The first-order valence-corrected chi connectivity index (χ1v) is 9.12. The highest BCUT2D eigenvalue weighted by Crippen LogP contribution is 2.22. The maximum absolute atomic E-state index is 11.8. The van der Waals surface area contributed by atoms with Crippen molar-refractivity contribution >= 4 is 17.7 Å². The van der Waals surface area contributed by atoms with Gasteiger partial charge in [0.15, 0.2) is 5.16 Å². The van der Waals surface area contributed by atoms with Gasteiger partial charge in [-0.25, -0.2) is 0 Å². The molecule has 0 spiro atoms. The average Bonchev–Trinajstić information content (AvgIpc) is 3.27. The summed E-state index contributed by atoms with van der Waals surface area (Å²) in [6, 6.07) is 13.7. The minimum atomic E-state index is 0.0257. The van der Waals surface area contributed by atoms with Crippen molar-refractivity contribution in [2.45, 2.75) is 31.5 Å². The molecule has 0 aliphatic heterocycles. The minimum absolute atomic E-state index is 0.0257. The summed E-state index contributed by atoms with van der Waals surface area (Å²) in [6.07, 6.45) is 2.85. The van der Waals surface area contributed by atoms with E-state index >= 15 is 0 Å². The van der Waals surface area contributed by atoms with E-state index in [2.05, 4.69) is 15.5 Å². The second-order valence-electron chi connectivity index (χ2n) is 5.51. The van der Waals surface area contributed by atoms with Gasteiger partial charge < -0.3 is 9.73 Å². The van der Waals surface area contributed by atoms with Gasteiger partial charge in [0, 0.05) is 17.9 Å². The number of para-hydroxylation sites is 1. The Balaban J connectivity index is 1.46. The van der Waals surface area contributed by atoms with Crippen molar-refractivity contribution in [3.05, 3.63) is 60.3 Å². The van der Waals surface area contributed by atoms with Gasteiger partial charge in [0.1, 0.15) is 11.6 Å². The molecule has 0 saturated heterocycles. The number of carbonyl (C=O) groups is 1. The number of thioether (sulfide) groups is 1. The summed E-state index contributed by atoms with van der Waals surface area (Å²) in [6.45, 7) is 2.37. The molecule has 2 heterocycles. The van der Waals surface area contributed by atoms with Crippen LogP contribution in [0.3, 0.4) is 0 Å². The van der Waals surface area contributed by atoms with Crippen LogP contribution in [0.25, 0.3) is 5.69 Å². The van der Waals surface area contributed by atoms with Gasteiger partial charge in [0.2, 0.25) is 5.91 Å². The van der Waals surface area contributed by atoms with E-state index in [-0.39, 0.29) is 5.91 Å². The number of nitrogens with zero attached hydrogens (tertiary/aromatic N) is 3. The standard InChI is InChI=1S/C18H20N4O2S/c1-14-20-21-18(22(14)15-7-3-2-4-8-15)25-12-6-10-17(23)19-13-16-9-5-11-24-16/h2-5,7-9,11H,6,10,12-13H2,1H3,(H,19,23). The lowest BCUT2D eigenvalue weighted by atomic mass is 10.3. The Morgan fingerprint density at radius 3 is 2.80 bits per heavy atom. The fourth-order valence-electron chi connectivity index (χ4n) is 2.39. The van der Waals surface area contributed by atoms with E-state index in [9.17, 15) is 4.79 Å². The van der Waals surface area contributed by atoms with Gasteiger partial charge in [-0.05, 0) is 37.6 Å². The highest BCUT2D eigenvalue weighted by Gasteiger charge is 2.11. The van der Waals surface area contributed by atoms with E-state index in [1.165, 1.54) is 0 Å². The molecule has 25 heavy (non-hydrogen) atoms. The van der Waals surface area contributed by atoms with E-state index in [1.807, 2.05) is 54.0 Å². The summed E-state index contributed by atoms with van der Waals surface area (Å²) < 4.78 is 7.22. The molecule has 0 unspecified atom stereocenters. The van der Waals surface area contributed by atoms with Crippen molar-refractivity contribution < 1.29 is 9.21 Å². The van der Waals surface area contributed by atoms with Crippen molar-refractivity contribution in [2.24, 2.45) is 0 Å². The van der Waals surface area contributed by atoms with E-state index in [0.717, 1.165) is 34.6 Å². The fraction of sp³-hybridized carbons (Fsp3) is 0.278. The number of amides is 1. The van der Waals surface area contributed by atoms with Crippen molar-refractivity contribution in [2.75, 3.05) is 5.75 Å². The zero-order valence-corrected chi connectivity index (χ0v) is 14.8. The lowest BCUT2D eigenvalue weighted by Crippen LogP contribution is -2.22. The van der Waals surface area contributed by atoms with Gasteiger partial charge in [0.25, 0.3) is 0 Å². The molecule has 0 bridgehead atoms. The summed E-state index contributed by atoms with van der Waals surface area (Å²) >= 11 is 1.61. The lowest BCUT2D eigenvalue weighted by molar-refractivity contribution is -0.121. The van der Waals surface area contributed by atoms with E-state index in [1.54, 1.807) is 18.0 Å². The number of hydrogen-bond acceptors (Lipinski definition) is 5. The summed E-state index contributed by atoms with van der Waals surface area (Å²) in [7, 11) is 0. The molecule has 1 N–H and O–H groups in total. The van der Waals surface area contributed by atoms with Crippen LogP contribution < -0.4 is 5.32 Å². The quantitative estimate of drug-likeness (QED) is 0.495. The molecule has 1 amide bonds. The number of aromatic nitrogens is 3. The van der Waals surface area contributed by atoms with E-state index < -0.39 is 0 Å². The first-order chi connectivity index (χ1) is 12.2. The number of rotatable bonds is 8. The molecule has 1 aromatic carbocycles. The third kappa shape index (κ3) is 4.73. The number of nitrogens with one attached hydrogen (secondary N) is 1. The second-order valence-corrected chi connectivity index (χ2v) is 6.57. The molecule has 0 aliphatic rings. The summed E-state index contributed by atoms with van der Waals surface area (Å²) in [4.78, 5) is 11.8. The van der Waals surface area contributed by atoms with Gasteiger partial charge in [-0.15, -0.1) is 10.2 Å². The third-order valence-electron chi connectivity index (χ3n) is 3.63. The Morgan fingerprint density at radius 1 is 1.20 bits per heavy atom. The third-order valence-corrected chi connectivity index (χ3v) is 4.64. The predicted molar refractivity (Wildman–Crippen MR) is 96.6 cm³/mol. The Morgan fingerprint density at radius 2 is 2.04 bits per heavy atom. The Hall–Kier alpha value is -2.54. The molecule has 0 aliphatic carbocycles. The van der Waals surface area contributed by atoms with Crippen LogP contribution in [-0.4, -0.2) is 26.4 Å². The Bertz CT molecular complexity index is 800. The van der Waals surface area contributed by atoms with Crippen molar-refractivity contribution in [1.29, 1.82) is 0 Å². The number of furan rings is 1.